The largest absolute Gasteiger partial charge is 0.356 e. The van der Waals surface area contributed by atoms with Crippen molar-refractivity contribution in [2.45, 2.75) is 25.8 Å². The zero-order valence-electron chi connectivity index (χ0n) is 12.6. The zero-order chi connectivity index (χ0) is 14.2. The standard InChI is InChI=1S/C16H25N3S/c1-17-16(18-10-5-6-12-20-2)19-11-9-14-7-3-4-8-15(14)13-19/h3-4,7-8H,5-6,9-13H2,1-2H3,(H,17,18). The third-order valence-electron chi connectivity index (χ3n) is 3.70. The van der Waals surface area contributed by atoms with Crippen LogP contribution in [0.15, 0.2) is 29.3 Å². The summed E-state index contributed by atoms with van der Waals surface area (Å²) in [5, 5.41) is 3.50. The molecule has 0 bridgehead atoms. The Morgan fingerprint density at radius 2 is 2.10 bits per heavy atom. The lowest BCUT2D eigenvalue weighted by Gasteiger charge is -2.31. The molecule has 0 atom stereocenters. The predicted molar refractivity (Wildman–Crippen MR) is 89.5 cm³/mol. The van der Waals surface area contributed by atoms with Crippen LogP contribution in [0.1, 0.15) is 24.0 Å². The molecule has 1 aliphatic rings. The first-order valence-corrected chi connectivity index (χ1v) is 8.76. The van der Waals surface area contributed by atoms with Crippen LogP contribution in [0.4, 0.5) is 0 Å². The molecule has 3 nitrogen and oxygen atoms in total. The van der Waals surface area contributed by atoms with Crippen molar-refractivity contribution in [1.82, 2.24) is 10.2 Å². The number of benzene rings is 1. The number of hydrogen-bond acceptors (Lipinski definition) is 2. The summed E-state index contributed by atoms with van der Waals surface area (Å²) in [6, 6.07) is 8.73. The maximum atomic E-state index is 4.43. The van der Waals surface area contributed by atoms with E-state index in [1.54, 1.807) is 0 Å². The summed E-state index contributed by atoms with van der Waals surface area (Å²) < 4.78 is 0. The van der Waals surface area contributed by atoms with E-state index in [4.69, 9.17) is 0 Å². The molecule has 4 heteroatoms. The zero-order valence-corrected chi connectivity index (χ0v) is 13.4. The SMILES string of the molecule is CN=C(NCCCCSC)N1CCc2ccccc2C1. The number of thioether (sulfide) groups is 1. The van der Waals surface area contributed by atoms with Crippen LogP contribution >= 0.6 is 11.8 Å². The molecule has 20 heavy (non-hydrogen) atoms. The molecule has 1 aliphatic heterocycles. The second kappa shape index (κ2) is 8.20. The van der Waals surface area contributed by atoms with Crippen LogP contribution in [-0.2, 0) is 13.0 Å². The lowest BCUT2D eigenvalue weighted by molar-refractivity contribution is 0.378. The van der Waals surface area contributed by atoms with Crippen LogP contribution in [0.25, 0.3) is 0 Å². The van der Waals surface area contributed by atoms with Crippen LogP contribution in [0.3, 0.4) is 0 Å². The number of fused-ring (bicyclic) bond motifs is 1. The molecule has 1 aromatic carbocycles. The number of nitrogens with one attached hydrogen (secondary N) is 1. The minimum Gasteiger partial charge on any atom is -0.356 e. The molecule has 0 aliphatic carbocycles. The first kappa shape index (κ1) is 15.2. The summed E-state index contributed by atoms with van der Waals surface area (Å²) in [6.07, 6.45) is 5.76. The van der Waals surface area contributed by atoms with Gasteiger partial charge in [-0.1, -0.05) is 24.3 Å². The van der Waals surface area contributed by atoms with Crippen LogP contribution in [0.2, 0.25) is 0 Å². The van der Waals surface area contributed by atoms with Gasteiger partial charge in [0.05, 0.1) is 0 Å². The van der Waals surface area contributed by atoms with Gasteiger partial charge in [-0.15, -0.1) is 0 Å². The average Bonchev–Trinajstić information content (AvgIpc) is 2.50. The normalized spacial score (nSPS) is 15.1. The van der Waals surface area contributed by atoms with E-state index in [2.05, 4.69) is 45.7 Å². The Kier molecular flexibility index (Phi) is 6.25. The first-order chi connectivity index (χ1) is 9.85. The lowest BCUT2D eigenvalue weighted by atomic mass is 10.0. The Morgan fingerprint density at radius 3 is 2.85 bits per heavy atom. The van der Waals surface area contributed by atoms with Gasteiger partial charge in [0.1, 0.15) is 0 Å². The van der Waals surface area contributed by atoms with Crippen molar-refractivity contribution >= 4 is 17.7 Å². The van der Waals surface area contributed by atoms with Gasteiger partial charge < -0.3 is 10.2 Å². The number of hydrogen-bond donors (Lipinski definition) is 1. The minimum atomic E-state index is 0.973. The van der Waals surface area contributed by atoms with Gasteiger partial charge in [0.25, 0.3) is 0 Å². The molecule has 110 valence electrons. The average molecular weight is 291 g/mol. The molecule has 0 fully saturated rings. The third kappa shape index (κ3) is 4.17. The van der Waals surface area contributed by atoms with Crippen LogP contribution in [0.5, 0.6) is 0 Å². The van der Waals surface area contributed by atoms with Crippen molar-refractivity contribution in [3.05, 3.63) is 35.4 Å². The van der Waals surface area contributed by atoms with E-state index in [0.29, 0.717) is 0 Å². The number of nitrogens with zero attached hydrogens (tertiary/aromatic N) is 2. The van der Waals surface area contributed by atoms with Gasteiger partial charge in [-0.2, -0.15) is 11.8 Å². The molecule has 1 N–H and O–H groups in total. The fraction of sp³-hybridized carbons (Fsp3) is 0.562. The summed E-state index contributed by atoms with van der Waals surface area (Å²) >= 11 is 1.92. The maximum Gasteiger partial charge on any atom is 0.193 e. The number of rotatable bonds is 5. The monoisotopic (exact) mass is 291 g/mol. The van der Waals surface area contributed by atoms with Crippen LogP contribution < -0.4 is 5.32 Å². The quantitative estimate of drug-likeness (QED) is 0.513. The summed E-state index contributed by atoms with van der Waals surface area (Å²) in [6.45, 7) is 3.05. The van der Waals surface area contributed by atoms with E-state index >= 15 is 0 Å². The molecule has 0 saturated carbocycles. The predicted octanol–water partition coefficient (Wildman–Crippen LogP) is 2.76. The van der Waals surface area contributed by atoms with Crippen LogP contribution in [0, 0.1) is 0 Å². The highest BCUT2D eigenvalue weighted by molar-refractivity contribution is 7.98. The van der Waals surface area contributed by atoms with Crippen molar-refractivity contribution in [3.8, 4) is 0 Å². The van der Waals surface area contributed by atoms with Gasteiger partial charge in [-0.3, -0.25) is 4.99 Å². The van der Waals surface area contributed by atoms with Crippen LogP contribution in [-0.4, -0.2) is 43.0 Å². The molecule has 0 saturated heterocycles. The summed E-state index contributed by atoms with van der Waals surface area (Å²) in [4.78, 5) is 6.79. The Balaban J connectivity index is 1.84. The minimum absolute atomic E-state index is 0.973. The van der Waals surface area contributed by atoms with Crippen molar-refractivity contribution < 1.29 is 0 Å². The topological polar surface area (TPSA) is 27.6 Å². The smallest absolute Gasteiger partial charge is 0.193 e. The molecular formula is C16H25N3S. The van der Waals surface area contributed by atoms with Gasteiger partial charge >= 0.3 is 0 Å². The third-order valence-corrected chi connectivity index (χ3v) is 4.40. The molecule has 0 unspecified atom stereocenters. The van der Waals surface area contributed by atoms with Gasteiger partial charge in [0, 0.05) is 26.7 Å². The van der Waals surface area contributed by atoms with Crippen molar-refractivity contribution in [2.24, 2.45) is 4.99 Å². The van der Waals surface area contributed by atoms with E-state index in [0.717, 1.165) is 32.0 Å². The highest BCUT2D eigenvalue weighted by Gasteiger charge is 2.18. The van der Waals surface area contributed by atoms with E-state index in [-0.39, 0.29) is 0 Å². The second-order valence-corrected chi connectivity index (χ2v) is 6.10. The molecule has 0 amide bonds. The number of unbranched alkanes of at least 4 members (excludes halogenated alkanes) is 1. The second-order valence-electron chi connectivity index (χ2n) is 5.11. The summed E-state index contributed by atoms with van der Waals surface area (Å²) in [5.41, 5.74) is 2.92. The Morgan fingerprint density at radius 1 is 1.30 bits per heavy atom. The maximum absolute atomic E-state index is 4.43. The van der Waals surface area contributed by atoms with Crippen molar-refractivity contribution in [2.75, 3.05) is 32.1 Å². The van der Waals surface area contributed by atoms with E-state index in [9.17, 15) is 0 Å². The lowest BCUT2D eigenvalue weighted by Crippen LogP contribution is -2.44. The summed E-state index contributed by atoms with van der Waals surface area (Å²) in [7, 11) is 1.88. The van der Waals surface area contributed by atoms with E-state index < -0.39 is 0 Å². The fourth-order valence-electron chi connectivity index (χ4n) is 2.58. The number of aliphatic imine (C=N–C) groups is 1. The molecule has 2 rings (SSSR count). The molecular weight excluding hydrogens is 266 g/mol. The molecule has 0 radical (unpaired) electrons. The molecule has 0 spiro atoms. The highest BCUT2D eigenvalue weighted by Crippen LogP contribution is 2.18. The fourth-order valence-corrected chi connectivity index (χ4v) is 3.07. The van der Waals surface area contributed by atoms with Gasteiger partial charge in [-0.05, 0) is 42.4 Å². The Labute approximate surface area is 126 Å². The van der Waals surface area contributed by atoms with Crippen molar-refractivity contribution in [3.63, 3.8) is 0 Å². The molecule has 1 aromatic rings. The van der Waals surface area contributed by atoms with Gasteiger partial charge in [0.2, 0.25) is 0 Å². The van der Waals surface area contributed by atoms with E-state index in [1.807, 2.05) is 18.8 Å². The highest BCUT2D eigenvalue weighted by atomic mass is 32.2. The van der Waals surface area contributed by atoms with Gasteiger partial charge in [0.15, 0.2) is 5.96 Å². The summed E-state index contributed by atoms with van der Waals surface area (Å²) in [5.74, 6) is 2.29. The number of guanidine groups is 1. The van der Waals surface area contributed by atoms with Gasteiger partial charge in [-0.25, -0.2) is 0 Å². The molecule has 1 heterocycles. The molecule has 0 aromatic heterocycles. The Bertz CT molecular complexity index is 445. The van der Waals surface area contributed by atoms with E-state index in [1.165, 1.54) is 29.7 Å². The Hall–Kier alpha value is -1.16. The van der Waals surface area contributed by atoms with Crippen molar-refractivity contribution in [1.29, 1.82) is 0 Å². The first-order valence-electron chi connectivity index (χ1n) is 7.36.